The van der Waals surface area contributed by atoms with Crippen LogP contribution in [0.2, 0.25) is 0 Å². The van der Waals surface area contributed by atoms with Crippen molar-refractivity contribution in [1.29, 1.82) is 0 Å². The Kier molecular flexibility index (Phi) is 7.39. The van der Waals surface area contributed by atoms with E-state index in [2.05, 4.69) is 4.72 Å². The molecule has 0 saturated carbocycles. The normalized spacial score (nSPS) is 13.1. The summed E-state index contributed by atoms with van der Waals surface area (Å²) >= 11 is 0. The number of rotatable bonds is 8. The molecule has 0 saturated heterocycles. The Labute approximate surface area is 176 Å². The van der Waals surface area contributed by atoms with Crippen LogP contribution >= 0.6 is 0 Å². The molecule has 2 aromatic rings. The molecule has 2 rings (SSSR count). The number of hydrogen-bond donors (Lipinski definition) is 1. The van der Waals surface area contributed by atoms with Crippen molar-refractivity contribution < 1.29 is 36.0 Å². The number of sulfonamides is 1. The first-order valence-corrected chi connectivity index (χ1v) is 10.4. The zero-order valence-corrected chi connectivity index (χ0v) is 17.2. The summed E-state index contributed by atoms with van der Waals surface area (Å²) in [5.74, 6) is -1.65. The Morgan fingerprint density at radius 3 is 2.39 bits per heavy atom. The van der Waals surface area contributed by atoms with Gasteiger partial charge < -0.3 is 4.74 Å². The van der Waals surface area contributed by atoms with Gasteiger partial charge in [0.25, 0.3) is 5.69 Å². The molecule has 1 N–H and O–H groups in total. The van der Waals surface area contributed by atoms with Crippen LogP contribution in [0.4, 0.5) is 18.9 Å². The topological polar surface area (TPSA) is 116 Å². The monoisotopic (exact) mass is 460 g/mol. The molecule has 0 aromatic heterocycles. The van der Waals surface area contributed by atoms with Gasteiger partial charge in [0.1, 0.15) is 12.6 Å². The minimum Gasteiger partial charge on any atom is -0.459 e. The third kappa shape index (κ3) is 6.25. The lowest BCUT2D eigenvalue weighted by molar-refractivity contribution is -0.385. The van der Waals surface area contributed by atoms with Gasteiger partial charge in [-0.3, -0.25) is 14.9 Å². The molecule has 168 valence electrons. The number of nitro benzene ring substituents is 1. The van der Waals surface area contributed by atoms with Crippen molar-refractivity contribution in [3.8, 4) is 0 Å². The van der Waals surface area contributed by atoms with E-state index in [9.17, 15) is 36.5 Å². The van der Waals surface area contributed by atoms with E-state index in [4.69, 9.17) is 4.74 Å². The standard InChI is InChI=1S/C19H19F3N2O6S/c1-12(2)17(18(25)30-11-13-6-3-4-9-16(13)24(26)27)23-31(28,29)15-8-5-7-14(10-15)19(20,21)22/h3-10,12,17,23H,11H2,1-2H3. The summed E-state index contributed by atoms with van der Waals surface area (Å²) in [4.78, 5) is 22.2. The molecule has 1 unspecified atom stereocenters. The third-order valence-corrected chi connectivity index (χ3v) is 5.67. The summed E-state index contributed by atoms with van der Waals surface area (Å²) < 4.78 is 70.9. The van der Waals surface area contributed by atoms with Crippen molar-refractivity contribution in [1.82, 2.24) is 4.72 Å². The maximum absolute atomic E-state index is 12.9. The third-order valence-electron chi connectivity index (χ3n) is 4.23. The van der Waals surface area contributed by atoms with Crippen molar-refractivity contribution in [2.75, 3.05) is 0 Å². The number of para-hydroxylation sites is 1. The number of nitrogens with one attached hydrogen (secondary N) is 1. The van der Waals surface area contributed by atoms with Gasteiger partial charge in [-0.25, -0.2) is 8.42 Å². The largest absolute Gasteiger partial charge is 0.459 e. The fourth-order valence-corrected chi connectivity index (χ4v) is 3.96. The van der Waals surface area contributed by atoms with Gasteiger partial charge in [-0.2, -0.15) is 17.9 Å². The maximum Gasteiger partial charge on any atom is 0.416 e. The highest BCUT2D eigenvalue weighted by molar-refractivity contribution is 7.89. The number of carbonyl (C=O) groups excluding carboxylic acids is 1. The van der Waals surface area contributed by atoms with Crippen LogP contribution in [0.15, 0.2) is 53.4 Å². The van der Waals surface area contributed by atoms with Crippen LogP contribution in [0.1, 0.15) is 25.0 Å². The minimum atomic E-state index is -4.74. The van der Waals surface area contributed by atoms with E-state index in [-0.39, 0.29) is 11.3 Å². The SMILES string of the molecule is CC(C)C(NS(=O)(=O)c1cccc(C(F)(F)F)c1)C(=O)OCc1ccccc1[N+](=O)[O-]. The van der Waals surface area contributed by atoms with Gasteiger partial charge in [0.05, 0.1) is 20.9 Å². The molecule has 0 heterocycles. The summed E-state index contributed by atoms with van der Waals surface area (Å²) in [7, 11) is -4.50. The Hall–Kier alpha value is -2.99. The molecule has 12 heteroatoms. The molecule has 0 aliphatic heterocycles. The lowest BCUT2D eigenvalue weighted by Gasteiger charge is -2.21. The molecular formula is C19H19F3N2O6S. The zero-order valence-electron chi connectivity index (χ0n) is 16.4. The number of nitro groups is 1. The van der Waals surface area contributed by atoms with E-state index >= 15 is 0 Å². The van der Waals surface area contributed by atoms with Crippen LogP contribution in [0.3, 0.4) is 0 Å². The second-order valence-corrected chi connectivity index (χ2v) is 8.58. The predicted molar refractivity (Wildman–Crippen MR) is 103 cm³/mol. The van der Waals surface area contributed by atoms with Crippen molar-refractivity contribution in [2.24, 2.45) is 5.92 Å². The van der Waals surface area contributed by atoms with Gasteiger partial charge in [-0.15, -0.1) is 0 Å². The van der Waals surface area contributed by atoms with Crippen LogP contribution in [0, 0.1) is 16.0 Å². The van der Waals surface area contributed by atoms with E-state index in [1.165, 1.54) is 38.1 Å². The van der Waals surface area contributed by atoms with E-state index in [0.29, 0.717) is 6.07 Å². The highest BCUT2D eigenvalue weighted by Crippen LogP contribution is 2.30. The molecule has 0 aliphatic carbocycles. The second-order valence-electron chi connectivity index (χ2n) is 6.86. The lowest BCUT2D eigenvalue weighted by atomic mass is 10.1. The number of carbonyl (C=O) groups is 1. The van der Waals surface area contributed by atoms with E-state index in [1.807, 2.05) is 0 Å². The molecule has 0 amide bonds. The Morgan fingerprint density at radius 1 is 1.16 bits per heavy atom. The first-order chi connectivity index (χ1) is 14.3. The van der Waals surface area contributed by atoms with Crippen molar-refractivity contribution in [2.45, 2.75) is 37.6 Å². The fraction of sp³-hybridized carbons (Fsp3) is 0.316. The molecule has 0 fully saturated rings. The van der Waals surface area contributed by atoms with Crippen molar-refractivity contribution in [3.05, 3.63) is 69.8 Å². The van der Waals surface area contributed by atoms with Gasteiger partial charge in [-0.05, 0) is 30.2 Å². The molecule has 0 spiro atoms. The smallest absolute Gasteiger partial charge is 0.416 e. The highest BCUT2D eigenvalue weighted by Gasteiger charge is 2.34. The summed E-state index contributed by atoms with van der Waals surface area (Å²) in [5.41, 5.74) is -1.33. The summed E-state index contributed by atoms with van der Waals surface area (Å²) in [5, 5.41) is 11.0. The van der Waals surface area contributed by atoms with Gasteiger partial charge >= 0.3 is 12.1 Å². The Morgan fingerprint density at radius 2 is 1.81 bits per heavy atom. The number of nitrogens with zero attached hydrogens (tertiary/aromatic N) is 1. The number of hydrogen-bond acceptors (Lipinski definition) is 6. The average molecular weight is 460 g/mol. The van der Waals surface area contributed by atoms with Gasteiger partial charge in [0.15, 0.2) is 0 Å². The van der Waals surface area contributed by atoms with Crippen LogP contribution in [-0.2, 0) is 32.3 Å². The zero-order chi connectivity index (χ0) is 23.4. The van der Waals surface area contributed by atoms with Crippen LogP contribution in [0.25, 0.3) is 0 Å². The maximum atomic E-state index is 12.9. The number of ether oxygens (including phenoxy) is 1. The minimum absolute atomic E-state index is 0.101. The predicted octanol–water partition coefficient (Wildman–Crippen LogP) is 3.66. The molecule has 0 radical (unpaired) electrons. The van der Waals surface area contributed by atoms with Gasteiger partial charge in [0.2, 0.25) is 10.0 Å². The first kappa shape index (κ1) is 24.3. The van der Waals surface area contributed by atoms with Crippen LogP contribution in [-0.4, -0.2) is 25.4 Å². The number of benzene rings is 2. The molecule has 0 aliphatic rings. The molecular weight excluding hydrogens is 441 g/mol. The first-order valence-electron chi connectivity index (χ1n) is 8.91. The number of alkyl halides is 3. The fourth-order valence-electron chi connectivity index (χ4n) is 2.58. The number of halogens is 3. The summed E-state index contributed by atoms with van der Waals surface area (Å²) in [6, 6.07) is 7.20. The van der Waals surface area contributed by atoms with Gasteiger partial charge in [0, 0.05) is 6.07 Å². The van der Waals surface area contributed by atoms with Crippen LogP contribution in [0.5, 0.6) is 0 Å². The van der Waals surface area contributed by atoms with Crippen LogP contribution < -0.4 is 4.72 Å². The second kappa shape index (κ2) is 9.43. The lowest BCUT2D eigenvalue weighted by Crippen LogP contribution is -2.45. The Balaban J connectivity index is 2.21. The quantitative estimate of drug-likeness (QED) is 0.365. The van der Waals surface area contributed by atoms with E-state index in [1.54, 1.807) is 0 Å². The van der Waals surface area contributed by atoms with Crippen molar-refractivity contribution in [3.63, 3.8) is 0 Å². The van der Waals surface area contributed by atoms with E-state index < -0.39 is 56.1 Å². The molecule has 31 heavy (non-hydrogen) atoms. The van der Waals surface area contributed by atoms with Crippen molar-refractivity contribution >= 4 is 21.7 Å². The summed E-state index contributed by atoms with van der Waals surface area (Å²) in [6.45, 7) is 2.53. The summed E-state index contributed by atoms with van der Waals surface area (Å²) in [6.07, 6.45) is -4.74. The highest BCUT2D eigenvalue weighted by atomic mass is 32.2. The van der Waals surface area contributed by atoms with Gasteiger partial charge in [-0.1, -0.05) is 32.0 Å². The number of esters is 1. The molecule has 8 nitrogen and oxygen atoms in total. The van der Waals surface area contributed by atoms with E-state index in [0.717, 1.165) is 18.2 Å². The average Bonchev–Trinajstić information content (AvgIpc) is 2.69. The Bertz CT molecular complexity index is 1070. The molecule has 0 bridgehead atoms. The molecule has 2 aromatic carbocycles. The molecule has 1 atom stereocenters.